The molecule has 0 aromatic heterocycles. The van der Waals surface area contributed by atoms with E-state index in [1.807, 2.05) is 0 Å². The van der Waals surface area contributed by atoms with Gasteiger partial charge >= 0.3 is 0 Å². The molecule has 9 heteroatoms. The van der Waals surface area contributed by atoms with E-state index >= 15 is 0 Å². The Hall–Kier alpha value is -2.00. The highest BCUT2D eigenvalue weighted by Crippen LogP contribution is 2.20. The van der Waals surface area contributed by atoms with Crippen LogP contribution in [0.15, 0.2) is 47.4 Å². The van der Waals surface area contributed by atoms with Gasteiger partial charge in [0, 0.05) is 23.7 Å². The minimum absolute atomic E-state index is 0.0372. The van der Waals surface area contributed by atoms with Crippen LogP contribution >= 0.6 is 11.6 Å². The number of halogens is 2. The molecule has 0 saturated carbocycles. The number of amides is 1. The largest absolute Gasteiger partial charge is 0.396 e. The van der Waals surface area contributed by atoms with E-state index in [0.29, 0.717) is 5.02 Å². The van der Waals surface area contributed by atoms with Crippen molar-refractivity contribution in [2.45, 2.75) is 11.3 Å². The standard InChI is InChI=1S/C16H16ClFN2O4S/c17-12-4-2-11(3-5-12)16(22)20-15-7-6-13(10-14(15)18)25(23,24)19-8-1-9-21/h2-7,10,19,21H,1,8-9H2,(H,20,22). The molecule has 0 atom stereocenters. The van der Waals surface area contributed by atoms with Crippen molar-refractivity contribution < 1.29 is 22.7 Å². The van der Waals surface area contributed by atoms with E-state index in [9.17, 15) is 17.6 Å². The van der Waals surface area contributed by atoms with Gasteiger partial charge in [-0.2, -0.15) is 0 Å². The summed E-state index contributed by atoms with van der Waals surface area (Å²) in [6, 6.07) is 9.20. The highest BCUT2D eigenvalue weighted by molar-refractivity contribution is 7.89. The van der Waals surface area contributed by atoms with Crippen LogP contribution in [0.3, 0.4) is 0 Å². The summed E-state index contributed by atoms with van der Waals surface area (Å²) in [5, 5.41) is 11.5. The molecule has 6 nitrogen and oxygen atoms in total. The third kappa shape index (κ3) is 5.23. The number of aliphatic hydroxyl groups excluding tert-OH is 1. The number of nitrogens with one attached hydrogen (secondary N) is 2. The Morgan fingerprint density at radius 2 is 1.84 bits per heavy atom. The number of aliphatic hydroxyl groups is 1. The zero-order valence-electron chi connectivity index (χ0n) is 13.0. The maximum Gasteiger partial charge on any atom is 0.255 e. The first-order valence-electron chi connectivity index (χ1n) is 7.30. The molecule has 2 rings (SSSR count). The monoisotopic (exact) mass is 386 g/mol. The average Bonchev–Trinajstić information content (AvgIpc) is 2.57. The zero-order valence-corrected chi connectivity index (χ0v) is 14.6. The lowest BCUT2D eigenvalue weighted by atomic mass is 10.2. The molecule has 2 aromatic carbocycles. The third-order valence-corrected chi connectivity index (χ3v) is 4.94. The fourth-order valence-electron chi connectivity index (χ4n) is 1.93. The highest BCUT2D eigenvalue weighted by Gasteiger charge is 2.17. The molecule has 0 aliphatic rings. The Labute approximate surface area is 149 Å². The molecule has 0 aliphatic heterocycles. The van der Waals surface area contributed by atoms with Crippen LogP contribution in [0.1, 0.15) is 16.8 Å². The SMILES string of the molecule is O=C(Nc1ccc(S(=O)(=O)NCCCO)cc1F)c1ccc(Cl)cc1. The van der Waals surface area contributed by atoms with Gasteiger partial charge in [-0.1, -0.05) is 11.6 Å². The molecule has 3 N–H and O–H groups in total. The van der Waals surface area contributed by atoms with Gasteiger partial charge in [0.05, 0.1) is 10.6 Å². The predicted octanol–water partition coefficient (Wildman–Crippen LogP) is 2.39. The summed E-state index contributed by atoms with van der Waals surface area (Å²) in [6.07, 6.45) is 0.247. The molecule has 0 heterocycles. The third-order valence-electron chi connectivity index (χ3n) is 3.23. The lowest BCUT2D eigenvalue weighted by Crippen LogP contribution is -2.25. The number of sulfonamides is 1. The van der Waals surface area contributed by atoms with Crippen molar-refractivity contribution in [3.8, 4) is 0 Å². The number of anilines is 1. The summed E-state index contributed by atoms with van der Waals surface area (Å²) < 4.78 is 40.4. The highest BCUT2D eigenvalue weighted by atomic mass is 35.5. The summed E-state index contributed by atoms with van der Waals surface area (Å²) in [6.45, 7) is -0.123. The number of rotatable bonds is 7. The molecule has 0 radical (unpaired) electrons. The summed E-state index contributed by atoms with van der Waals surface area (Å²) in [5.41, 5.74) is 0.139. The fraction of sp³-hybridized carbons (Fsp3) is 0.188. The van der Waals surface area contributed by atoms with E-state index in [1.165, 1.54) is 36.4 Å². The molecule has 0 aliphatic carbocycles. The van der Waals surface area contributed by atoms with Gasteiger partial charge in [0.25, 0.3) is 5.91 Å². The zero-order chi connectivity index (χ0) is 18.4. The van der Waals surface area contributed by atoms with Crippen molar-refractivity contribution in [1.82, 2.24) is 4.72 Å². The quantitative estimate of drug-likeness (QED) is 0.637. The number of benzene rings is 2. The van der Waals surface area contributed by atoms with E-state index in [-0.39, 0.29) is 35.7 Å². The minimum atomic E-state index is -3.89. The Morgan fingerprint density at radius 3 is 2.44 bits per heavy atom. The Balaban J connectivity index is 2.13. The maximum absolute atomic E-state index is 14.1. The van der Waals surface area contributed by atoms with Crippen LogP contribution < -0.4 is 10.0 Å². The first-order chi connectivity index (χ1) is 11.8. The van der Waals surface area contributed by atoms with Crippen LogP contribution in [0, 0.1) is 5.82 Å². The van der Waals surface area contributed by atoms with Crippen LogP contribution in [0.2, 0.25) is 5.02 Å². The van der Waals surface area contributed by atoms with Crippen molar-refractivity contribution in [2.24, 2.45) is 0 Å². The second kappa shape index (κ2) is 8.39. The topological polar surface area (TPSA) is 95.5 Å². The number of hydrogen-bond donors (Lipinski definition) is 3. The van der Waals surface area contributed by atoms with Crippen LogP contribution in [-0.4, -0.2) is 32.6 Å². The van der Waals surface area contributed by atoms with Gasteiger partial charge in [-0.3, -0.25) is 4.79 Å². The molecule has 0 spiro atoms. The van der Waals surface area contributed by atoms with Gasteiger partial charge in [0.15, 0.2) is 0 Å². The van der Waals surface area contributed by atoms with Crippen LogP contribution in [0.5, 0.6) is 0 Å². The number of hydrogen-bond acceptors (Lipinski definition) is 4. The fourth-order valence-corrected chi connectivity index (χ4v) is 3.14. The van der Waals surface area contributed by atoms with Crippen molar-refractivity contribution in [3.05, 3.63) is 58.9 Å². The van der Waals surface area contributed by atoms with Crippen molar-refractivity contribution >= 4 is 33.2 Å². The first kappa shape index (κ1) is 19.3. The molecule has 0 unspecified atom stereocenters. The summed E-state index contributed by atoms with van der Waals surface area (Å²) in [7, 11) is -3.89. The maximum atomic E-state index is 14.1. The molecular weight excluding hydrogens is 371 g/mol. The van der Waals surface area contributed by atoms with Gasteiger partial charge in [-0.05, 0) is 48.9 Å². The minimum Gasteiger partial charge on any atom is -0.396 e. The van der Waals surface area contributed by atoms with Gasteiger partial charge in [0.1, 0.15) is 5.82 Å². The Kier molecular flexibility index (Phi) is 6.49. The lowest BCUT2D eigenvalue weighted by Gasteiger charge is -2.10. The molecule has 134 valence electrons. The first-order valence-corrected chi connectivity index (χ1v) is 9.16. The molecule has 0 saturated heterocycles. The van der Waals surface area contributed by atoms with Crippen molar-refractivity contribution in [1.29, 1.82) is 0 Å². The van der Waals surface area contributed by atoms with E-state index < -0.39 is 21.7 Å². The summed E-state index contributed by atoms with van der Waals surface area (Å²) >= 11 is 5.74. The molecule has 1 amide bonds. The van der Waals surface area contributed by atoms with Crippen LogP contribution in [0.25, 0.3) is 0 Å². The molecule has 0 fully saturated rings. The second-order valence-electron chi connectivity index (χ2n) is 5.08. The second-order valence-corrected chi connectivity index (χ2v) is 7.28. The van der Waals surface area contributed by atoms with E-state index in [2.05, 4.69) is 10.0 Å². The van der Waals surface area contributed by atoms with Gasteiger partial charge < -0.3 is 10.4 Å². The number of carbonyl (C=O) groups excluding carboxylic acids is 1. The van der Waals surface area contributed by atoms with Gasteiger partial charge in [-0.15, -0.1) is 0 Å². The van der Waals surface area contributed by atoms with Crippen molar-refractivity contribution in [3.63, 3.8) is 0 Å². The van der Waals surface area contributed by atoms with Gasteiger partial charge in [0.2, 0.25) is 10.0 Å². The number of carbonyl (C=O) groups is 1. The summed E-state index contributed by atoms with van der Waals surface area (Å²) in [4.78, 5) is 11.8. The summed E-state index contributed by atoms with van der Waals surface area (Å²) in [5.74, 6) is -1.43. The predicted molar refractivity (Wildman–Crippen MR) is 92.7 cm³/mol. The smallest absolute Gasteiger partial charge is 0.255 e. The Bertz CT molecular complexity index is 857. The van der Waals surface area contributed by atoms with E-state index in [0.717, 1.165) is 6.07 Å². The molecular formula is C16H16ClFN2O4S. The average molecular weight is 387 g/mol. The normalized spacial score (nSPS) is 11.3. The van der Waals surface area contributed by atoms with Crippen LogP contribution in [0.4, 0.5) is 10.1 Å². The van der Waals surface area contributed by atoms with Crippen LogP contribution in [-0.2, 0) is 10.0 Å². The molecule has 25 heavy (non-hydrogen) atoms. The molecule has 0 bridgehead atoms. The van der Waals surface area contributed by atoms with E-state index in [4.69, 9.17) is 16.7 Å². The van der Waals surface area contributed by atoms with Gasteiger partial charge in [-0.25, -0.2) is 17.5 Å². The Morgan fingerprint density at radius 1 is 1.16 bits per heavy atom. The van der Waals surface area contributed by atoms with E-state index in [1.54, 1.807) is 0 Å². The lowest BCUT2D eigenvalue weighted by molar-refractivity contribution is 0.102. The van der Waals surface area contributed by atoms with Crippen molar-refractivity contribution in [2.75, 3.05) is 18.5 Å². The molecule has 2 aromatic rings.